The maximum Gasteiger partial charge on any atom is 0.416 e. The molecule has 39 heavy (non-hydrogen) atoms. The van der Waals surface area contributed by atoms with Gasteiger partial charge in [0.15, 0.2) is 0 Å². The number of urea groups is 1. The van der Waals surface area contributed by atoms with Crippen LogP contribution in [0, 0.1) is 5.92 Å². The Morgan fingerprint density at radius 3 is 2.33 bits per heavy atom. The number of halogens is 5. The number of piperidine rings is 1. The van der Waals surface area contributed by atoms with Crippen molar-refractivity contribution in [3.8, 4) is 0 Å². The van der Waals surface area contributed by atoms with Crippen molar-refractivity contribution in [3.63, 3.8) is 0 Å². The number of unbranched alkanes of at least 4 members (excludes halogenated alkanes) is 2. The van der Waals surface area contributed by atoms with Crippen molar-refractivity contribution in [2.45, 2.75) is 56.7 Å². The molecular weight excluding hydrogens is 552 g/mol. The summed E-state index contributed by atoms with van der Waals surface area (Å²) in [6.45, 7) is 3.39. The molecule has 0 radical (unpaired) electrons. The van der Waals surface area contributed by atoms with E-state index in [2.05, 4.69) is 20.9 Å². The lowest BCUT2D eigenvalue weighted by Crippen LogP contribution is -2.46. The van der Waals surface area contributed by atoms with Gasteiger partial charge in [-0.2, -0.15) is 13.2 Å². The minimum atomic E-state index is -4.40. The highest BCUT2D eigenvalue weighted by atomic mass is 35.5. The van der Waals surface area contributed by atoms with Crippen LogP contribution in [0.5, 0.6) is 0 Å². The minimum Gasteiger partial charge on any atom is -0.356 e. The van der Waals surface area contributed by atoms with Gasteiger partial charge in [-0.1, -0.05) is 35.7 Å². The first-order chi connectivity index (χ1) is 18.6. The molecule has 3 amide bonds. The zero-order chi connectivity index (χ0) is 28.0. The molecule has 1 saturated heterocycles. The third-order valence-electron chi connectivity index (χ3n) is 7.34. The topological polar surface area (TPSA) is 73.5 Å². The first kappa shape index (κ1) is 29.5. The Labute approximate surface area is 236 Å². The highest BCUT2D eigenvalue weighted by Crippen LogP contribution is 2.48. The summed E-state index contributed by atoms with van der Waals surface area (Å²) in [6, 6.07) is 9.56. The number of rotatable bonds is 10. The molecule has 0 aromatic heterocycles. The van der Waals surface area contributed by atoms with Crippen LogP contribution in [0.1, 0.15) is 55.6 Å². The molecule has 2 aliphatic rings. The van der Waals surface area contributed by atoms with Crippen molar-refractivity contribution < 1.29 is 22.8 Å². The molecule has 1 aliphatic heterocycles. The summed E-state index contributed by atoms with van der Waals surface area (Å²) in [5, 5.41) is 9.59. The summed E-state index contributed by atoms with van der Waals surface area (Å²) in [5.74, 6) is 0.324. The van der Waals surface area contributed by atoms with Gasteiger partial charge in [0.1, 0.15) is 0 Å². The molecule has 1 heterocycles. The lowest BCUT2D eigenvalue weighted by molar-refractivity contribution is -0.137. The Morgan fingerprint density at radius 2 is 1.67 bits per heavy atom. The fraction of sp³-hybridized carbons (Fsp3) is 0.500. The fourth-order valence-corrected chi connectivity index (χ4v) is 5.28. The second-order valence-corrected chi connectivity index (χ2v) is 11.1. The summed E-state index contributed by atoms with van der Waals surface area (Å²) < 4.78 is 38.0. The van der Waals surface area contributed by atoms with Gasteiger partial charge in [-0.15, -0.1) is 0 Å². The molecule has 3 N–H and O–H groups in total. The molecule has 212 valence electrons. The van der Waals surface area contributed by atoms with Crippen molar-refractivity contribution >= 4 is 40.8 Å². The zero-order valence-corrected chi connectivity index (χ0v) is 23.0. The SMILES string of the molecule is O=C(Nc1ccc(C(F)(F)F)cc1)NC1CCN(CCCCCNC(=O)C2CC2c2ccc(Cl)c(Cl)c2)CC1. The molecule has 11 heteroatoms. The van der Waals surface area contributed by atoms with E-state index in [0.29, 0.717) is 22.3 Å². The number of benzene rings is 2. The lowest BCUT2D eigenvalue weighted by atomic mass is 10.0. The first-order valence-electron chi connectivity index (χ1n) is 13.3. The normalized spacial score (nSPS) is 19.9. The van der Waals surface area contributed by atoms with E-state index in [9.17, 15) is 22.8 Å². The van der Waals surface area contributed by atoms with E-state index >= 15 is 0 Å². The molecule has 2 atom stereocenters. The third kappa shape index (κ3) is 8.75. The first-order valence-corrected chi connectivity index (χ1v) is 14.1. The summed E-state index contributed by atoms with van der Waals surface area (Å²) in [6.07, 6.45) is 1.06. The van der Waals surface area contributed by atoms with E-state index in [1.54, 1.807) is 6.07 Å². The average Bonchev–Trinajstić information content (AvgIpc) is 3.69. The fourth-order valence-electron chi connectivity index (χ4n) is 4.97. The molecular formula is C28H33Cl2F3N4O2. The van der Waals surface area contributed by atoms with E-state index in [0.717, 1.165) is 75.9 Å². The number of likely N-dealkylation sites (tertiary alicyclic amines) is 1. The van der Waals surface area contributed by atoms with Crippen LogP contribution in [0.15, 0.2) is 42.5 Å². The number of hydrogen-bond donors (Lipinski definition) is 3. The van der Waals surface area contributed by atoms with E-state index in [1.807, 2.05) is 12.1 Å². The molecule has 4 rings (SSSR count). The Hall–Kier alpha value is -2.49. The minimum absolute atomic E-state index is 0.00849. The standard InChI is InChI=1S/C28H33Cl2F3N4O2/c29-24-9-4-18(16-25(24)30)22-17-23(22)26(38)34-12-2-1-3-13-37-14-10-21(11-15-37)36-27(39)35-20-7-5-19(6-8-20)28(31,32)33/h4-9,16,21-23H,1-3,10-15,17H2,(H,34,38)(H2,35,36,39). The predicted octanol–water partition coefficient (Wildman–Crippen LogP) is 6.69. The van der Waals surface area contributed by atoms with Crippen LogP contribution in [-0.2, 0) is 11.0 Å². The highest BCUT2D eigenvalue weighted by molar-refractivity contribution is 6.42. The molecule has 0 bridgehead atoms. The van der Waals surface area contributed by atoms with Crippen LogP contribution in [0.25, 0.3) is 0 Å². The number of hydrogen-bond acceptors (Lipinski definition) is 3. The van der Waals surface area contributed by atoms with Crippen molar-refractivity contribution in [2.24, 2.45) is 5.92 Å². The van der Waals surface area contributed by atoms with Gasteiger partial charge in [0.05, 0.1) is 15.6 Å². The second-order valence-electron chi connectivity index (χ2n) is 10.3. The molecule has 6 nitrogen and oxygen atoms in total. The number of carbonyl (C=O) groups is 2. The molecule has 2 fully saturated rings. The van der Waals surface area contributed by atoms with Gasteiger partial charge < -0.3 is 20.9 Å². The lowest BCUT2D eigenvalue weighted by Gasteiger charge is -2.32. The van der Waals surface area contributed by atoms with Crippen molar-refractivity contribution in [2.75, 3.05) is 31.5 Å². The average molecular weight is 585 g/mol. The Bertz CT molecular complexity index is 1140. The van der Waals surface area contributed by atoms with E-state index in [1.165, 1.54) is 12.1 Å². The van der Waals surface area contributed by atoms with E-state index in [4.69, 9.17) is 23.2 Å². The maximum atomic E-state index is 12.7. The smallest absolute Gasteiger partial charge is 0.356 e. The van der Waals surface area contributed by atoms with Crippen molar-refractivity contribution in [3.05, 3.63) is 63.6 Å². The van der Waals surface area contributed by atoms with Crippen LogP contribution in [-0.4, -0.2) is 49.1 Å². The predicted molar refractivity (Wildman–Crippen MR) is 147 cm³/mol. The van der Waals surface area contributed by atoms with Gasteiger partial charge in [0.25, 0.3) is 0 Å². The molecule has 1 aliphatic carbocycles. The summed E-state index contributed by atoms with van der Waals surface area (Å²) >= 11 is 12.1. The number of nitrogens with one attached hydrogen (secondary N) is 3. The van der Waals surface area contributed by atoms with Crippen LogP contribution in [0.2, 0.25) is 10.0 Å². The second kappa shape index (κ2) is 13.2. The van der Waals surface area contributed by atoms with Gasteiger partial charge in [0.2, 0.25) is 5.91 Å². The number of anilines is 1. The summed E-state index contributed by atoms with van der Waals surface area (Å²) in [4.78, 5) is 27.0. The Morgan fingerprint density at radius 1 is 0.949 bits per heavy atom. The Balaban J connectivity index is 1.03. The van der Waals surface area contributed by atoms with Crippen LogP contribution >= 0.6 is 23.2 Å². The summed E-state index contributed by atoms with van der Waals surface area (Å²) in [7, 11) is 0. The van der Waals surface area contributed by atoms with Gasteiger partial charge in [-0.3, -0.25) is 4.79 Å². The summed E-state index contributed by atoms with van der Waals surface area (Å²) in [5.41, 5.74) is 0.624. The quantitative estimate of drug-likeness (QED) is 0.272. The molecule has 2 aromatic rings. The Kier molecular flexibility index (Phi) is 10.0. The van der Waals surface area contributed by atoms with Gasteiger partial charge >= 0.3 is 12.2 Å². The molecule has 1 saturated carbocycles. The number of amides is 3. The van der Waals surface area contributed by atoms with Crippen molar-refractivity contribution in [1.29, 1.82) is 0 Å². The van der Waals surface area contributed by atoms with E-state index in [-0.39, 0.29) is 23.8 Å². The van der Waals surface area contributed by atoms with Crippen LogP contribution in [0.4, 0.5) is 23.7 Å². The number of alkyl halides is 3. The maximum absolute atomic E-state index is 12.7. The van der Waals surface area contributed by atoms with Gasteiger partial charge in [-0.05, 0) is 86.5 Å². The number of carbonyl (C=O) groups excluding carboxylic acids is 2. The molecule has 2 unspecified atom stereocenters. The largest absolute Gasteiger partial charge is 0.416 e. The van der Waals surface area contributed by atoms with Gasteiger partial charge in [-0.25, -0.2) is 4.79 Å². The molecule has 2 aromatic carbocycles. The monoisotopic (exact) mass is 584 g/mol. The van der Waals surface area contributed by atoms with E-state index < -0.39 is 17.8 Å². The van der Waals surface area contributed by atoms with Crippen LogP contribution < -0.4 is 16.0 Å². The highest BCUT2D eigenvalue weighted by Gasteiger charge is 2.43. The van der Waals surface area contributed by atoms with Gasteiger partial charge in [0, 0.05) is 37.3 Å². The van der Waals surface area contributed by atoms with Crippen molar-refractivity contribution in [1.82, 2.24) is 15.5 Å². The van der Waals surface area contributed by atoms with Crippen LogP contribution in [0.3, 0.4) is 0 Å². The number of nitrogens with zero attached hydrogens (tertiary/aromatic N) is 1. The zero-order valence-electron chi connectivity index (χ0n) is 21.5. The molecule has 0 spiro atoms. The third-order valence-corrected chi connectivity index (χ3v) is 8.08.